The van der Waals surface area contributed by atoms with E-state index < -0.39 is 22.6 Å². The second kappa shape index (κ2) is 6.48. The van der Waals surface area contributed by atoms with E-state index in [0.717, 1.165) is 12.1 Å². The Morgan fingerprint density at radius 2 is 1.88 bits per heavy atom. The highest BCUT2D eigenvalue weighted by atomic mass is 35.5. The first-order chi connectivity index (χ1) is 11.1. The fraction of sp³-hybridized carbons (Fsp3) is 0.133. The molecular weight excluding hydrogens is 349 g/mol. The zero-order chi connectivity index (χ0) is 18.1. The van der Waals surface area contributed by atoms with Gasteiger partial charge in [0, 0.05) is 17.2 Å². The van der Waals surface area contributed by atoms with Gasteiger partial charge in [-0.15, -0.1) is 0 Å². The number of anilines is 1. The van der Waals surface area contributed by atoms with Crippen LogP contribution in [-0.4, -0.2) is 10.8 Å². The van der Waals surface area contributed by atoms with Crippen molar-refractivity contribution in [1.29, 1.82) is 0 Å². The summed E-state index contributed by atoms with van der Waals surface area (Å²) in [6, 6.07) is 6.28. The van der Waals surface area contributed by atoms with E-state index in [-0.39, 0.29) is 27.5 Å². The Bertz CT molecular complexity index is 822. The lowest BCUT2D eigenvalue weighted by molar-refractivity contribution is -0.385. The molecule has 0 bridgehead atoms. The third kappa shape index (κ3) is 3.83. The van der Waals surface area contributed by atoms with E-state index in [1.165, 1.54) is 25.1 Å². The summed E-state index contributed by atoms with van der Waals surface area (Å²) in [5.41, 5.74) is -0.665. The Hall–Kier alpha value is -2.61. The number of nitrogens with one attached hydrogen (secondary N) is 1. The van der Waals surface area contributed by atoms with Crippen molar-refractivity contribution in [2.45, 2.75) is 13.1 Å². The quantitative estimate of drug-likeness (QED) is 0.631. The molecule has 1 N–H and O–H groups in total. The van der Waals surface area contributed by atoms with E-state index in [2.05, 4.69) is 5.32 Å². The standard InChI is InChI=1S/C15H10ClF3N2O3/c1-8-6-9(2-5-13(8)21(23)24)14(22)20-12-4-3-10(7-11(12)16)15(17,18)19/h2-7H,1H3,(H,20,22). The van der Waals surface area contributed by atoms with E-state index in [1.54, 1.807) is 0 Å². The normalized spacial score (nSPS) is 11.2. The molecule has 2 aromatic carbocycles. The Kier molecular flexibility index (Phi) is 4.79. The van der Waals surface area contributed by atoms with Gasteiger partial charge >= 0.3 is 6.18 Å². The SMILES string of the molecule is Cc1cc(C(=O)Nc2ccc(C(F)(F)F)cc2Cl)ccc1[N+](=O)[O-]. The maximum Gasteiger partial charge on any atom is 0.416 e. The van der Waals surface area contributed by atoms with Crippen molar-refractivity contribution in [3.63, 3.8) is 0 Å². The highest BCUT2D eigenvalue weighted by Crippen LogP contribution is 2.34. The Morgan fingerprint density at radius 1 is 1.21 bits per heavy atom. The number of alkyl halides is 3. The smallest absolute Gasteiger partial charge is 0.321 e. The second-order valence-electron chi connectivity index (χ2n) is 4.90. The zero-order valence-corrected chi connectivity index (χ0v) is 12.9. The zero-order valence-electron chi connectivity index (χ0n) is 12.1. The van der Waals surface area contributed by atoms with Crippen LogP contribution in [0.3, 0.4) is 0 Å². The maximum atomic E-state index is 12.6. The first-order valence-electron chi connectivity index (χ1n) is 6.52. The van der Waals surface area contributed by atoms with Gasteiger partial charge in [0.1, 0.15) is 0 Å². The molecule has 0 saturated heterocycles. The van der Waals surface area contributed by atoms with Crippen molar-refractivity contribution in [2.75, 3.05) is 5.32 Å². The molecule has 5 nitrogen and oxygen atoms in total. The molecule has 9 heteroatoms. The number of nitrogens with zero attached hydrogens (tertiary/aromatic N) is 1. The van der Waals surface area contributed by atoms with Gasteiger partial charge in [0.25, 0.3) is 11.6 Å². The number of amides is 1. The summed E-state index contributed by atoms with van der Waals surface area (Å²) in [7, 11) is 0. The first-order valence-corrected chi connectivity index (χ1v) is 6.90. The minimum absolute atomic E-state index is 0.00525. The average molecular weight is 359 g/mol. The summed E-state index contributed by atoms with van der Waals surface area (Å²) < 4.78 is 37.7. The van der Waals surface area contributed by atoms with Crippen molar-refractivity contribution in [3.8, 4) is 0 Å². The number of aryl methyl sites for hydroxylation is 1. The highest BCUT2D eigenvalue weighted by molar-refractivity contribution is 6.34. The van der Waals surface area contributed by atoms with Crippen LogP contribution < -0.4 is 5.32 Å². The second-order valence-corrected chi connectivity index (χ2v) is 5.31. The van der Waals surface area contributed by atoms with E-state index in [0.29, 0.717) is 6.07 Å². The molecule has 2 rings (SSSR count). The molecular formula is C15H10ClF3N2O3. The lowest BCUT2D eigenvalue weighted by atomic mass is 10.1. The molecule has 0 saturated carbocycles. The molecule has 0 spiro atoms. The summed E-state index contributed by atoms with van der Waals surface area (Å²) in [6.07, 6.45) is -4.54. The van der Waals surface area contributed by atoms with Gasteiger partial charge in [0.15, 0.2) is 0 Å². The summed E-state index contributed by atoms with van der Waals surface area (Å²) in [4.78, 5) is 22.3. The molecule has 0 aliphatic heterocycles. The number of nitro groups is 1. The minimum Gasteiger partial charge on any atom is -0.321 e. The Balaban J connectivity index is 2.24. The van der Waals surface area contributed by atoms with Gasteiger partial charge in [0.05, 0.1) is 21.2 Å². The lowest BCUT2D eigenvalue weighted by Gasteiger charge is -2.11. The van der Waals surface area contributed by atoms with Crippen LogP contribution in [0.25, 0.3) is 0 Å². The monoisotopic (exact) mass is 358 g/mol. The Labute approximate surface area is 139 Å². The molecule has 0 atom stereocenters. The molecule has 0 aliphatic carbocycles. The molecule has 2 aromatic rings. The fourth-order valence-electron chi connectivity index (χ4n) is 1.99. The largest absolute Gasteiger partial charge is 0.416 e. The summed E-state index contributed by atoms with van der Waals surface area (Å²) in [5, 5.41) is 12.9. The van der Waals surface area contributed by atoms with E-state index in [1.807, 2.05) is 0 Å². The summed E-state index contributed by atoms with van der Waals surface area (Å²) >= 11 is 5.76. The predicted molar refractivity (Wildman–Crippen MR) is 82.2 cm³/mol. The van der Waals surface area contributed by atoms with Crippen molar-refractivity contribution in [3.05, 3.63) is 68.2 Å². The Morgan fingerprint density at radius 3 is 2.38 bits per heavy atom. The molecule has 0 fully saturated rings. The van der Waals surface area contributed by atoms with Gasteiger partial charge in [0.2, 0.25) is 0 Å². The number of benzene rings is 2. The van der Waals surface area contributed by atoms with Gasteiger partial charge in [-0.1, -0.05) is 11.6 Å². The van der Waals surface area contributed by atoms with Gasteiger partial charge in [-0.25, -0.2) is 0 Å². The van der Waals surface area contributed by atoms with Gasteiger partial charge in [-0.2, -0.15) is 13.2 Å². The van der Waals surface area contributed by atoms with E-state index in [9.17, 15) is 28.1 Å². The van der Waals surface area contributed by atoms with Crippen molar-refractivity contribution in [2.24, 2.45) is 0 Å². The molecule has 126 valence electrons. The number of nitro benzene ring substituents is 1. The van der Waals surface area contributed by atoms with Crippen LogP contribution in [0, 0.1) is 17.0 Å². The average Bonchev–Trinajstić information content (AvgIpc) is 2.47. The lowest BCUT2D eigenvalue weighted by Crippen LogP contribution is -2.13. The molecule has 0 aliphatic rings. The van der Waals surface area contributed by atoms with Crippen molar-refractivity contribution >= 4 is 28.9 Å². The highest BCUT2D eigenvalue weighted by Gasteiger charge is 2.31. The molecule has 0 radical (unpaired) electrons. The minimum atomic E-state index is -4.54. The number of rotatable bonds is 3. The third-order valence-electron chi connectivity index (χ3n) is 3.20. The van der Waals surface area contributed by atoms with E-state index >= 15 is 0 Å². The van der Waals surface area contributed by atoms with Gasteiger partial charge < -0.3 is 5.32 Å². The summed E-state index contributed by atoms with van der Waals surface area (Å²) in [6.45, 7) is 1.47. The number of halogens is 4. The van der Waals surface area contributed by atoms with Crippen molar-refractivity contribution < 1.29 is 22.9 Å². The van der Waals surface area contributed by atoms with Crippen LogP contribution in [0.1, 0.15) is 21.5 Å². The number of hydrogen-bond acceptors (Lipinski definition) is 3. The molecule has 0 unspecified atom stereocenters. The molecule has 0 heterocycles. The topological polar surface area (TPSA) is 72.2 Å². The maximum absolute atomic E-state index is 12.6. The number of carbonyl (C=O) groups is 1. The molecule has 0 aromatic heterocycles. The number of carbonyl (C=O) groups excluding carboxylic acids is 1. The predicted octanol–water partition coefficient (Wildman–Crippen LogP) is 4.83. The van der Waals surface area contributed by atoms with Crippen LogP contribution in [0.5, 0.6) is 0 Å². The first kappa shape index (κ1) is 17.7. The molecule has 1 amide bonds. The van der Waals surface area contributed by atoms with Gasteiger partial charge in [-0.3, -0.25) is 14.9 Å². The summed E-state index contributed by atoms with van der Waals surface area (Å²) in [5.74, 6) is -0.644. The van der Waals surface area contributed by atoms with Crippen LogP contribution in [0.15, 0.2) is 36.4 Å². The van der Waals surface area contributed by atoms with Crippen LogP contribution in [-0.2, 0) is 6.18 Å². The molecule has 24 heavy (non-hydrogen) atoms. The van der Waals surface area contributed by atoms with E-state index in [4.69, 9.17) is 11.6 Å². The fourth-order valence-corrected chi connectivity index (χ4v) is 2.22. The van der Waals surface area contributed by atoms with Gasteiger partial charge in [-0.05, 0) is 37.3 Å². The van der Waals surface area contributed by atoms with Crippen LogP contribution in [0.4, 0.5) is 24.5 Å². The van der Waals surface area contributed by atoms with Crippen molar-refractivity contribution in [1.82, 2.24) is 0 Å². The van der Waals surface area contributed by atoms with Crippen LogP contribution >= 0.6 is 11.6 Å². The third-order valence-corrected chi connectivity index (χ3v) is 3.51. The van der Waals surface area contributed by atoms with Crippen LogP contribution in [0.2, 0.25) is 5.02 Å². The number of hydrogen-bond donors (Lipinski definition) is 1.